The van der Waals surface area contributed by atoms with Crippen molar-refractivity contribution in [3.8, 4) is 0 Å². The van der Waals surface area contributed by atoms with Crippen molar-refractivity contribution in [1.82, 2.24) is 19.8 Å². The van der Waals surface area contributed by atoms with Gasteiger partial charge in [-0.25, -0.2) is 0 Å². The second kappa shape index (κ2) is 4.18. The summed E-state index contributed by atoms with van der Waals surface area (Å²) < 4.78 is 1.87. The van der Waals surface area contributed by atoms with Gasteiger partial charge in [0.2, 0.25) is 0 Å². The Morgan fingerprint density at radius 3 is 2.79 bits per heavy atom. The van der Waals surface area contributed by atoms with Crippen LogP contribution in [0, 0.1) is 0 Å². The summed E-state index contributed by atoms with van der Waals surface area (Å²) in [5.41, 5.74) is 3.78. The number of aromatic nitrogens is 4. The largest absolute Gasteiger partial charge is 0.352 e. The Bertz CT molecular complexity index is 618. The van der Waals surface area contributed by atoms with Crippen LogP contribution < -0.4 is 4.90 Å². The summed E-state index contributed by atoms with van der Waals surface area (Å²) in [5.74, 6) is 1.19. The summed E-state index contributed by atoms with van der Waals surface area (Å²) in [5, 5.41) is 13.1. The molecule has 1 aliphatic heterocycles. The molecule has 1 atom stereocenters. The Morgan fingerprint density at radius 1 is 1.16 bits per heavy atom. The normalized spacial score (nSPS) is 23.0. The van der Waals surface area contributed by atoms with Gasteiger partial charge in [-0.1, -0.05) is 0 Å². The average molecular weight is 257 g/mol. The Kier molecular flexibility index (Phi) is 2.47. The van der Waals surface area contributed by atoms with Gasteiger partial charge in [0, 0.05) is 23.7 Å². The molecule has 1 aliphatic carbocycles. The van der Waals surface area contributed by atoms with Crippen LogP contribution in [0.25, 0.3) is 5.65 Å². The maximum atomic E-state index is 4.80. The van der Waals surface area contributed by atoms with E-state index in [0.717, 1.165) is 25.0 Å². The van der Waals surface area contributed by atoms with E-state index in [1.807, 2.05) is 4.52 Å². The van der Waals surface area contributed by atoms with E-state index < -0.39 is 0 Å². The van der Waals surface area contributed by atoms with Crippen LogP contribution in [-0.4, -0.2) is 32.4 Å². The molecular weight excluding hydrogens is 238 g/mol. The van der Waals surface area contributed by atoms with Crippen LogP contribution in [0.5, 0.6) is 0 Å². The van der Waals surface area contributed by atoms with Crippen LogP contribution in [0.1, 0.15) is 43.7 Å². The standard InChI is InChI=1S/C14H19N5/c1-10-5-4-8-18(10)14-12-7-3-2-6-11(12)13-16-15-9-19(13)17-14/h9-10H,2-8H2,1H3. The minimum atomic E-state index is 0.604. The zero-order chi connectivity index (χ0) is 12.8. The van der Waals surface area contributed by atoms with Gasteiger partial charge in [-0.05, 0) is 45.4 Å². The molecule has 0 aromatic carbocycles. The fraction of sp³-hybridized carbons (Fsp3) is 0.643. The maximum Gasteiger partial charge on any atom is 0.181 e. The van der Waals surface area contributed by atoms with Crippen LogP contribution in [0.4, 0.5) is 5.82 Å². The van der Waals surface area contributed by atoms with Crippen molar-refractivity contribution in [1.29, 1.82) is 0 Å². The molecule has 1 fully saturated rings. The topological polar surface area (TPSA) is 46.3 Å². The molecule has 0 saturated carbocycles. The van der Waals surface area contributed by atoms with Crippen molar-refractivity contribution < 1.29 is 0 Å². The van der Waals surface area contributed by atoms with E-state index in [9.17, 15) is 0 Å². The lowest BCUT2D eigenvalue weighted by Crippen LogP contribution is -2.30. The first-order valence-electron chi connectivity index (χ1n) is 7.33. The second-order valence-electron chi connectivity index (χ2n) is 5.77. The van der Waals surface area contributed by atoms with Crippen LogP contribution >= 0.6 is 0 Å². The smallest absolute Gasteiger partial charge is 0.181 e. The van der Waals surface area contributed by atoms with Gasteiger partial charge in [-0.2, -0.15) is 4.52 Å². The first-order chi connectivity index (χ1) is 9.34. The van der Waals surface area contributed by atoms with Gasteiger partial charge in [-0.15, -0.1) is 15.3 Å². The molecule has 1 saturated heterocycles. The van der Waals surface area contributed by atoms with Crippen molar-refractivity contribution in [2.45, 2.75) is 51.5 Å². The van der Waals surface area contributed by atoms with Gasteiger partial charge in [0.15, 0.2) is 11.5 Å². The highest BCUT2D eigenvalue weighted by molar-refractivity contribution is 5.61. The summed E-state index contributed by atoms with van der Waals surface area (Å²) in [7, 11) is 0. The van der Waals surface area contributed by atoms with E-state index >= 15 is 0 Å². The van der Waals surface area contributed by atoms with Crippen LogP contribution in [0.2, 0.25) is 0 Å². The number of aryl methyl sites for hydroxylation is 1. The number of anilines is 1. The Hall–Kier alpha value is -1.65. The number of hydrogen-bond acceptors (Lipinski definition) is 4. The number of fused-ring (bicyclic) bond motifs is 3. The molecule has 2 aromatic rings. The van der Waals surface area contributed by atoms with E-state index in [1.54, 1.807) is 6.33 Å². The van der Waals surface area contributed by atoms with E-state index in [1.165, 1.54) is 42.6 Å². The Morgan fingerprint density at radius 2 is 2.00 bits per heavy atom. The van der Waals surface area contributed by atoms with E-state index in [0.29, 0.717) is 6.04 Å². The highest BCUT2D eigenvalue weighted by Gasteiger charge is 2.28. The van der Waals surface area contributed by atoms with Gasteiger partial charge in [0.1, 0.15) is 6.33 Å². The Balaban J connectivity index is 1.94. The molecule has 19 heavy (non-hydrogen) atoms. The molecule has 100 valence electrons. The third kappa shape index (κ3) is 1.64. The van der Waals surface area contributed by atoms with Gasteiger partial charge >= 0.3 is 0 Å². The first-order valence-corrected chi connectivity index (χ1v) is 7.33. The third-order valence-corrected chi connectivity index (χ3v) is 4.57. The molecular formula is C14H19N5. The van der Waals surface area contributed by atoms with Crippen LogP contribution in [0.15, 0.2) is 6.33 Å². The van der Waals surface area contributed by atoms with Gasteiger partial charge in [0.25, 0.3) is 0 Å². The minimum absolute atomic E-state index is 0.604. The third-order valence-electron chi connectivity index (χ3n) is 4.57. The average Bonchev–Trinajstić information content (AvgIpc) is 3.06. The van der Waals surface area contributed by atoms with Crippen molar-refractivity contribution >= 4 is 11.5 Å². The molecule has 4 rings (SSSR count). The number of rotatable bonds is 1. The van der Waals surface area contributed by atoms with E-state index in [2.05, 4.69) is 22.0 Å². The SMILES string of the molecule is CC1CCCN1c1nn2cnnc2c2c1CCCC2. The summed E-state index contributed by atoms with van der Waals surface area (Å²) in [6.45, 7) is 3.44. The summed E-state index contributed by atoms with van der Waals surface area (Å²) in [6.07, 6.45) is 9.07. The number of nitrogens with zero attached hydrogens (tertiary/aromatic N) is 5. The highest BCUT2D eigenvalue weighted by atomic mass is 15.4. The lowest BCUT2D eigenvalue weighted by atomic mass is 9.92. The monoisotopic (exact) mass is 257 g/mol. The predicted octanol–water partition coefficient (Wildman–Crippen LogP) is 1.99. The fourth-order valence-electron chi connectivity index (χ4n) is 3.54. The number of hydrogen-bond donors (Lipinski definition) is 0. The van der Waals surface area contributed by atoms with Crippen LogP contribution in [0.3, 0.4) is 0 Å². The van der Waals surface area contributed by atoms with Crippen molar-refractivity contribution in [3.63, 3.8) is 0 Å². The molecule has 0 spiro atoms. The summed E-state index contributed by atoms with van der Waals surface area (Å²) >= 11 is 0. The van der Waals surface area contributed by atoms with Crippen molar-refractivity contribution in [2.75, 3.05) is 11.4 Å². The molecule has 3 heterocycles. The molecule has 2 aliphatic rings. The quantitative estimate of drug-likeness (QED) is 0.784. The molecule has 5 heteroatoms. The van der Waals surface area contributed by atoms with Gasteiger partial charge in [-0.3, -0.25) is 0 Å². The lowest BCUT2D eigenvalue weighted by molar-refractivity contribution is 0.656. The van der Waals surface area contributed by atoms with E-state index in [-0.39, 0.29) is 0 Å². The molecule has 2 aromatic heterocycles. The predicted molar refractivity (Wildman–Crippen MR) is 73.5 cm³/mol. The van der Waals surface area contributed by atoms with Crippen molar-refractivity contribution in [3.05, 3.63) is 17.5 Å². The minimum Gasteiger partial charge on any atom is -0.352 e. The van der Waals surface area contributed by atoms with Crippen molar-refractivity contribution in [2.24, 2.45) is 0 Å². The summed E-state index contributed by atoms with van der Waals surface area (Å²) in [4.78, 5) is 2.48. The zero-order valence-electron chi connectivity index (χ0n) is 11.3. The molecule has 0 bridgehead atoms. The van der Waals surface area contributed by atoms with Gasteiger partial charge in [0.05, 0.1) is 0 Å². The lowest BCUT2D eigenvalue weighted by Gasteiger charge is -2.28. The van der Waals surface area contributed by atoms with Crippen LogP contribution in [-0.2, 0) is 12.8 Å². The second-order valence-corrected chi connectivity index (χ2v) is 5.77. The first kappa shape index (κ1) is 11.2. The molecule has 5 nitrogen and oxygen atoms in total. The van der Waals surface area contributed by atoms with E-state index in [4.69, 9.17) is 5.10 Å². The highest BCUT2D eigenvalue weighted by Crippen LogP contribution is 2.33. The molecule has 0 amide bonds. The molecule has 0 N–H and O–H groups in total. The zero-order valence-corrected chi connectivity index (χ0v) is 11.3. The maximum absolute atomic E-state index is 4.80. The molecule has 1 unspecified atom stereocenters. The van der Waals surface area contributed by atoms with Gasteiger partial charge < -0.3 is 4.90 Å². The fourth-order valence-corrected chi connectivity index (χ4v) is 3.54. The summed E-state index contributed by atoms with van der Waals surface area (Å²) in [6, 6.07) is 0.604. The Labute approximate surface area is 112 Å². The molecule has 0 radical (unpaired) electrons.